The van der Waals surface area contributed by atoms with E-state index in [0.29, 0.717) is 56.3 Å². The van der Waals surface area contributed by atoms with Gasteiger partial charge in [0.1, 0.15) is 35.2 Å². The van der Waals surface area contributed by atoms with Gasteiger partial charge in [-0.1, -0.05) is 60.5 Å². The molecule has 58 heavy (non-hydrogen) atoms. The average Bonchev–Trinajstić information content (AvgIpc) is 3.72. The molecule has 3 amide bonds. The lowest BCUT2D eigenvalue weighted by Gasteiger charge is -2.40. The molecule has 2 aliphatic rings. The van der Waals surface area contributed by atoms with Crippen LogP contribution in [0.25, 0.3) is 0 Å². The minimum absolute atomic E-state index is 0.0509. The van der Waals surface area contributed by atoms with Crippen LogP contribution in [-0.4, -0.2) is 117 Å². The third-order valence-corrected chi connectivity index (χ3v) is 12.6. The first-order valence-corrected chi connectivity index (χ1v) is 22.4. The monoisotopic (exact) mass is 827 g/mol. The molecule has 1 aromatic carbocycles. The van der Waals surface area contributed by atoms with Crippen molar-refractivity contribution in [2.24, 2.45) is 11.8 Å². The standard InChI is InChI=1S/C44H70N6O7S/c1-10-19-50(43(53)39(29(6)12-3)48-41(52)36-15-13-14-20-49(36)8)37(28(4)5)26-38(57-21-11-2)42-47-35(27-58-42)40(51)46-31-23-30-16-17-32(56-22-18-45-7)25-33(30)34(24-31)44(54)55-9/h16-17,25,27-29,31,34,36-39,45H,10-15,18-24,26H2,1-9H3,(H,46,51)(H,48,52)/t29-,31-,34+,36+,37?,38+,39-/m0/s1. The zero-order chi connectivity index (χ0) is 42.4. The highest BCUT2D eigenvalue weighted by Crippen LogP contribution is 2.36. The number of fused-ring (bicyclic) bond motifs is 1. The predicted octanol–water partition coefficient (Wildman–Crippen LogP) is 5.88. The van der Waals surface area contributed by atoms with E-state index in [1.165, 1.54) is 18.4 Å². The molecule has 1 aromatic heterocycles. The molecule has 1 saturated heterocycles. The minimum Gasteiger partial charge on any atom is -0.492 e. The Morgan fingerprint density at radius 2 is 1.84 bits per heavy atom. The number of nitrogens with zero attached hydrogens (tertiary/aromatic N) is 3. The highest BCUT2D eigenvalue weighted by Gasteiger charge is 2.39. The van der Waals surface area contributed by atoms with Crippen molar-refractivity contribution in [2.45, 2.75) is 136 Å². The number of piperidine rings is 1. The molecule has 3 N–H and O–H groups in total. The molecule has 324 valence electrons. The van der Waals surface area contributed by atoms with Gasteiger partial charge in [0.15, 0.2) is 0 Å². The lowest BCUT2D eigenvalue weighted by atomic mass is 9.80. The third kappa shape index (κ3) is 12.5. The number of hydrogen-bond donors (Lipinski definition) is 3. The molecule has 1 aliphatic carbocycles. The van der Waals surface area contributed by atoms with Gasteiger partial charge in [-0.3, -0.25) is 24.1 Å². The first kappa shape index (κ1) is 47.1. The van der Waals surface area contributed by atoms with Crippen LogP contribution in [0.1, 0.15) is 132 Å². The summed E-state index contributed by atoms with van der Waals surface area (Å²) in [5.41, 5.74) is 2.10. The van der Waals surface area contributed by atoms with Gasteiger partial charge in [0.25, 0.3) is 5.91 Å². The summed E-state index contributed by atoms with van der Waals surface area (Å²) in [5.74, 6) is -0.646. The normalized spacial score (nSPS) is 20.3. The van der Waals surface area contributed by atoms with Crippen molar-refractivity contribution in [1.29, 1.82) is 0 Å². The number of likely N-dealkylation sites (tertiary alicyclic amines) is 1. The van der Waals surface area contributed by atoms with Crippen molar-refractivity contribution in [1.82, 2.24) is 30.7 Å². The Kier molecular flexibility index (Phi) is 18.9. The Labute approximate surface area is 350 Å². The third-order valence-electron chi connectivity index (χ3n) is 11.7. The molecule has 13 nitrogen and oxygen atoms in total. The fraction of sp³-hybridized carbons (Fsp3) is 0.705. The summed E-state index contributed by atoms with van der Waals surface area (Å²) in [7, 11) is 5.23. The number of methoxy groups -OCH3 is 1. The van der Waals surface area contributed by atoms with Gasteiger partial charge in [0.2, 0.25) is 11.8 Å². The lowest BCUT2D eigenvalue weighted by molar-refractivity contribution is -0.143. The number of benzene rings is 1. The van der Waals surface area contributed by atoms with Crippen molar-refractivity contribution in [3.8, 4) is 5.75 Å². The Hall–Kier alpha value is -3.59. The van der Waals surface area contributed by atoms with Crippen molar-refractivity contribution in [3.05, 3.63) is 45.4 Å². The number of carbonyl (C=O) groups excluding carboxylic acids is 4. The molecule has 2 aromatic rings. The van der Waals surface area contributed by atoms with Crippen molar-refractivity contribution in [3.63, 3.8) is 0 Å². The summed E-state index contributed by atoms with van der Waals surface area (Å²) in [4.78, 5) is 64.0. The second-order valence-electron chi connectivity index (χ2n) is 16.4. The van der Waals surface area contributed by atoms with Gasteiger partial charge in [-0.25, -0.2) is 4.98 Å². The highest BCUT2D eigenvalue weighted by atomic mass is 32.1. The summed E-state index contributed by atoms with van der Waals surface area (Å²) < 4.78 is 17.5. The van der Waals surface area contributed by atoms with E-state index >= 15 is 0 Å². The van der Waals surface area contributed by atoms with E-state index in [1.54, 1.807) is 5.38 Å². The molecular formula is C44H70N6O7S. The topological polar surface area (TPSA) is 151 Å². The summed E-state index contributed by atoms with van der Waals surface area (Å²) >= 11 is 1.38. The number of nitrogens with one attached hydrogen (secondary N) is 3. The van der Waals surface area contributed by atoms with Gasteiger partial charge in [-0.2, -0.15) is 0 Å². The maximum absolute atomic E-state index is 14.7. The minimum atomic E-state index is -0.643. The van der Waals surface area contributed by atoms with Crippen LogP contribution in [0, 0.1) is 11.8 Å². The highest BCUT2D eigenvalue weighted by molar-refractivity contribution is 7.09. The zero-order valence-electron chi connectivity index (χ0n) is 36.4. The summed E-state index contributed by atoms with van der Waals surface area (Å²) in [6.45, 7) is 15.6. The molecule has 14 heteroatoms. The molecule has 1 unspecified atom stereocenters. The number of thiazole rings is 1. The summed E-state index contributed by atoms with van der Waals surface area (Å²) in [6.07, 6.45) is 6.15. The maximum atomic E-state index is 14.7. The van der Waals surface area contributed by atoms with Crippen LogP contribution >= 0.6 is 11.3 Å². The van der Waals surface area contributed by atoms with Crippen LogP contribution in [0.2, 0.25) is 0 Å². The molecule has 1 fully saturated rings. The molecule has 2 heterocycles. The molecule has 4 rings (SSSR count). The second kappa shape index (κ2) is 23.3. The Balaban J connectivity index is 1.53. The van der Waals surface area contributed by atoms with Gasteiger partial charge in [-0.05, 0) is 94.3 Å². The SMILES string of the molecule is CCCO[C@H](CC(C(C)C)N(CCC)C(=O)[C@@H](NC(=O)[C@H]1CCCCN1C)[C@@H](C)CC)c1nc(C(=O)N[C@H]2Cc3ccc(OCCNC)cc3[C@H](C(=O)OC)C2)cs1. The Morgan fingerprint density at radius 3 is 2.50 bits per heavy atom. The smallest absolute Gasteiger partial charge is 0.313 e. The van der Waals surface area contributed by atoms with Crippen LogP contribution in [0.3, 0.4) is 0 Å². The number of carbonyl (C=O) groups is 4. The average molecular weight is 827 g/mol. The number of hydrogen-bond acceptors (Lipinski definition) is 11. The quantitative estimate of drug-likeness (QED) is 0.0971. The number of amides is 3. The maximum Gasteiger partial charge on any atom is 0.313 e. The number of ether oxygens (including phenoxy) is 3. The van der Waals surface area contributed by atoms with E-state index in [0.717, 1.165) is 56.2 Å². The van der Waals surface area contributed by atoms with Gasteiger partial charge < -0.3 is 35.1 Å². The van der Waals surface area contributed by atoms with Gasteiger partial charge in [-0.15, -0.1) is 11.3 Å². The van der Waals surface area contributed by atoms with Gasteiger partial charge >= 0.3 is 5.97 Å². The van der Waals surface area contributed by atoms with E-state index in [1.807, 2.05) is 44.1 Å². The fourth-order valence-electron chi connectivity index (χ4n) is 8.16. The van der Waals surface area contributed by atoms with Crippen LogP contribution in [0.15, 0.2) is 23.6 Å². The van der Waals surface area contributed by atoms with Crippen molar-refractivity contribution >= 4 is 35.0 Å². The van der Waals surface area contributed by atoms with Crippen LogP contribution in [0.5, 0.6) is 5.75 Å². The second-order valence-corrected chi connectivity index (χ2v) is 17.3. The first-order chi connectivity index (χ1) is 27.9. The van der Waals surface area contributed by atoms with Crippen molar-refractivity contribution in [2.75, 3.05) is 54.1 Å². The van der Waals surface area contributed by atoms with Crippen LogP contribution in [0.4, 0.5) is 0 Å². The number of likely N-dealkylation sites (N-methyl/N-ethyl adjacent to an activating group) is 2. The van der Waals surface area contributed by atoms with Gasteiger partial charge in [0, 0.05) is 43.6 Å². The summed E-state index contributed by atoms with van der Waals surface area (Å²) in [6, 6.07) is 4.37. The van der Waals surface area contributed by atoms with E-state index in [4.69, 9.17) is 19.2 Å². The number of rotatable bonds is 22. The van der Waals surface area contributed by atoms with Crippen LogP contribution < -0.4 is 20.7 Å². The van der Waals surface area contributed by atoms with Crippen molar-refractivity contribution < 1.29 is 33.4 Å². The Morgan fingerprint density at radius 1 is 1.07 bits per heavy atom. The molecular weight excluding hydrogens is 757 g/mol. The predicted molar refractivity (Wildman–Crippen MR) is 228 cm³/mol. The van der Waals surface area contributed by atoms with Crippen LogP contribution in [-0.2, 0) is 30.3 Å². The van der Waals surface area contributed by atoms with E-state index < -0.39 is 18.1 Å². The summed E-state index contributed by atoms with van der Waals surface area (Å²) in [5, 5.41) is 11.8. The van der Waals surface area contributed by atoms with Gasteiger partial charge in [0.05, 0.1) is 19.1 Å². The first-order valence-electron chi connectivity index (χ1n) is 21.5. The Bertz CT molecular complexity index is 1640. The molecule has 0 saturated carbocycles. The molecule has 1 aliphatic heterocycles. The molecule has 0 radical (unpaired) electrons. The number of aromatic nitrogens is 1. The lowest BCUT2D eigenvalue weighted by Crippen LogP contribution is -2.58. The molecule has 7 atom stereocenters. The van der Waals surface area contributed by atoms with E-state index in [-0.39, 0.29) is 59.3 Å². The number of esters is 1. The van der Waals surface area contributed by atoms with E-state index in [2.05, 4.69) is 55.5 Å². The largest absolute Gasteiger partial charge is 0.492 e. The molecule has 0 spiro atoms. The fourth-order valence-corrected chi connectivity index (χ4v) is 9.01. The molecule has 0 bridgehead atoms. The zero-order valence-corrected chi connectivity index (χ0v) is 37.3. The van der Waals surface area contributed by atoms with E-state index in [9.17, 15) is 19.2 Å².